The maximum Gasteiger partial charge on any atom is 0.253 e. The predicted molar refractivity (Wildman–Crippen MR) is 146 cm³/mol. The number of hydrogen-bond donors (Lipinski definition) is 3. The summed E-state index contributed by atoms with van der Waals surface area (Å²) in [6.07, 6.45) is 2.36. The number of carbonyl (C=O) groups is 2. The second-order valence-corrected chi connectivity index (χ2v) is 10.6. The minimum Gasteiger partial charge on any atom is -0.348 e. The molecule has 3 aliphatic heterocycles. The number of fused-ring (bicyclic) bond motifs is 2. The van der Waals surface area contributed by atoms with Crippen LogP contribution >= 0.6 is 0 Å². The van der Waals surface area contributed by atoms with Gasteiger partial charge in [-0.25, -0.2) is 0 Å². The third-order valence-electron chi connectivity index (χ3n) is 8.06. The summed E-state index contributed by atoms with van der Waals surface area (Å²) in [5.41, 5.74) is 6.67. The van der Waals surface area contributed by atoms with E-state index in [-0.39, 0.29) is 17.2 Å². The van der Waals surface area contributed by atoms with Crippen molar-refractivity contribution in [2.24, 2.45) is 5.41 Å². The molecule has 38 heavy (non-hydrogen) atoms. The van der Waals surface area contributed by atoms with Crippen LogP contribution in [0, 0.1) is 17.3 Å². The molecule has 1 aromatic heterocycles. The monoisotopic (exact) mass is 501 g/mol. The summed E-state index contributed by atoms with van der Waals surface area (Å²) in [5.74, 6) is 6.54. The topological polar surface area (TPSA) is 90.1 Å². The molecule has 3 aromatic carbocycles. The number of aromatic nitrogens is 2. The van der Waals surface area contributed by atoms with Crippen molar-refractivity contribution in [1.29, 1.82) is 0 Å². The molecule has 4 aromatic rings. The first kappa shape index (κ1) is 22.8. The third-order valence-corrected chi connectivity index (χ3v) is 8.06. The van der Waals surface area contributed by atoms with E-state index in [1.54, 1.807) is 0 Å². The maximum absolute atomic E-state index is 13.2. The molecule has 4 heterocycles. The van der Waals surface area contributed by atoms with Gasteiger partial charge in [-0.3, -0.25) is 14.7 Å². The summed E-state index contributed by atoms with van der Waals surface area (Å²) in [4.78, 5) is 27.7. The minimum absolute atomic E-state index is 0.0528. The van der Waals surface area contributed by atoms with Gasteiger partial charge in [0.1, 0.15) is 5.69 Å². The van der Waals surface area contributed by atoms with Crippen LogP contribution in [0.1, 0.15) is 50.4 Å². The van der Waals surface area contributed by atoms with Crippen molar-refractivity contribution in [3.8, 4) is 23.0 Å². The average molecular weight is 502 g/mol. The van der Waals surface area contributed by atoms with E-state index in [0.717, 1.165) is 59.3 Å². The second kappa shape index (κ2) is 8.86. The zero-order chi connectivity index (χ0) is 25.7. The first-order valence-corrected chi connectivity index (χ1v) is 13.1. The number of benzene rings is 3. The van der Waals surface area contributed by atoms with Crippen LogP contribution in [-0.4, -0.2) is 53.1 Å². The zero-order valence-electron chi connectivity index (χ0n) is 20.9. The summed E-state index contributed by atoms with van der Waals surface area (Å²) in [7, 11) is 0. The predicted octanol–water partition coefficient (Wildman–Crippen LogP) is 3.70. The quantitative estimate of drug-likeness (QED) is 0.366. The Kier molecular flexibility index (Phi) is 5.31. The van der Waals surface area contributed by atoms with Crippen LogP contribution in [0.15, 0.2) is 60.7 Å². The number of piperidine rings is 1. The van der Waals surface area contributed by atoms with Crippen LogP contribution in [0.25, 0.3) is 22.0 Å². The summed E-state index contributed by atoms with van der Waals surface area (Å²) >= 11 is 0. The molecule has 7 rings (SSSR count). The third kappa shape index (κ3) is 3.77. The van der Waals surface area contributed by atoms with Crippen LogP contribution in [0.3, 0.4) is 0 Å². The molecule has 0 radical (unpaired) electrons. The van der Waals surface area contributed by atoms with Crippen molar-refractivity contribution < 1.29 is 9.59 Å². The number of hydrogen-bond acceptors (Lipinski definition) is 4. The average Bonchev–Trinajstić information content (AvgIpc) is 3.53. The fourth-order valence-corrected chi connectivity index (χ4v) is 6.09. The number of rotatable bonds is 2. The van der Waals surface area contributed by atoms with E-state index >= 15 is 0 Å². The van der Waals surface area contributed by atoms with E-state index < -0.39 is 0 Å². The number of likely N-dealkylation sites (tertiary alicyclic amines) is 1. The van der Waals surface area contributed by atoms with E-state index in [1.165, 1.54) is 12.8 Å². The van der Waals surface area contributed by atoms with E-state index in [2.05, 4.69) is 32.7 Å². The van der Waals surface area contributed by atoms with Gasteiger partial charge in [0.2, 0.25) is 0 Å². The first-order valence-electron chi connectivity index (χ1n) is 13.1. The molecule has 0 atom stereocenters. The Hall–Kier alpha value is -4.41. The van der Waals surface area contributed by atoms with Crippen molar-refractivity contribution in [1.82, 2.24) is 25.7 Å². The Labute approximate surface area is 220 Å². The van der Waals surface area contributed by atoms with Crippen molar-refractivity contribution in [2.45, 2.75) is 19.4 Å². The highest BCUT2D eigenvalue weighted by molar-refractivity contribution is 6.05. The standard InChI is InChI=1S/C31H27N5O2/c37-29-28-22(16-33-29)6-3-8-24(28)23-7-2-1-5-20(23)9-11-26-25-15-21(10-12-27(25)35-34-26)30(38)36-18-31(19-36)13-4-14-32-17-31/h1-3,5-8,10,12,15,32H,4,13-14,16-19H2,(H,33,37)(H,34,35). The summed E-state index contributed by atoms with van der Waals surface area (Å²) < 4.78 is 0. The summed E-state index contributed by atoms with van der Waals surface area (Å²) in [6, 6.07) is 19.4. The molecule has 2 amide bonds. The van der Waals surface area contributed by atoms with Gasteiger partial charge < -0.3 is 15.5 Å². The molecule has 3 N–H and O–H groups in total. The molecule has 0 saturated carbocycles. The van der Waals surface area contributed by atoms with Gasteiger partial charge in [0.05, 0.1) is 11.1 Å². The molecular formula is C31H27N5O2. The molecule has 0 unspecified atom stereocenters. The van der Waals surface area contributed by atoms with E-state index in [0.29, 0.717) is 23.4 Å². The molecular weight excluding hydrogens is 474 g/mol. The molecule has 2 saturated heterocycles. The van der Waals surface area contributed by atoms with Gasteiger partial charge >= 0.3 is 0 Å². The number of amides is 2. The summed E-state index contributed by atoms with van der Waals surface area (Å²) in [6.45, 7) is 4.24. The second-order valence-electron chi connectivity index (χ2n) is 10.6. The van der Waals surface area contributed by atoms with Crippen molar-refractivity contribution in [2.75, 3.05) is 26.2 Å². The fraction of sp³-hybridized carbons (Fsp3) is 0.258. The molecule has 7 heteroatoms. The summed E-state index contributed by atoms with van der Waals surface area (Å²) in [5, 5.41) is 14.7. The molecule has 1 spiro atoms. The smallest absolute Gasteiger partial charge is 0.253 e. The molecule has 7 nitrogen and oxygen atoms in total. The van der Waals surface area contributed by atoms with Gasteiger partial charge in [0.15, 0.2) is 0 Å². The highest BCUT2D eigenvalue weighted by atomic mass is 16.2. The number of carbonyl (C=O) groups excluding carboxylic acids is 2. The van der Waals surface area contributed by atoms with Gasteiger partial charge in [0, 0.05) is 48.1 Å². The van der Waals surface area contributed by atoms with Crippen molar-refractivity contribution in [3.63, 3.8) is 0 Å². The maximum atomic E-state index is 13.2. The van der Waals surface area contributed by atoms with Crippen LogP contribution in [0.5, 0.6) is 0 Å². The van der Waals surface area contributed by atoms with E-state index in [4.69, 9.17) is 0 Å². The number of H-pyrrole nitrogens is 1. The van der Waals surface area contributed by atoms with Gasteiger partial charge in [-0.2, -0.15) is 5.10 Å². The zero-order valence-corrected chi connectivity index (χ0v) is 20.9. The number of aromatic amines is 1. The molecule has 188 valence electrons. The normalized spacial score (nSPS) is 17.5. The Bertz CT molecular complexity index is 1660. The fourth-order valence-electron chi connectivity index (χ4n) is 6.09. The van der Waals surface area contributed by atoms with E-state index in [9.17, 15) is 9.59 Å². The highest BCUT2D eigenvalue weighted by Crippen LogP contribution is 2.37. The lowest BCUT2D eigenvalue weighted by Gasteiger charge is -2.52. The molecule has 0 aliphatic carbocycles. The Morgan fingerprint density at radius 1 is 1.00 bits per heavy atom. The largest absolute Gasteiger partial charge is 0.348 e. The number of nitrogens with one attached hydrogen (secondary N) is 3. The van der Waals surface area contributed by atoms with Gasteiger partial charge in [-0.1, -0.05) is 42.3 Å². The number of nitrogens with zero attached hydrogens (tertiary/aromatic N) is 2. The molecule has 2 fully saturated rings. The molecule has 0 bridgehead atoms. The van der Waals surface area contributed by atoms with E-state index in [1.807, 2.05) is 65.6 Å². The van der Waals surface area contributed by atoms with Crippen LogP contribution in [-0.2, 0) is 6.54 Å². The van der Waals surface area contributed by atoms with Crippen molar-refractivity contribution >= 4 is 22.7 Å². The van der Waals surface area contributed by atoms with Crippen LogP contribution < -0.4 is 10.6 Å². The van der Waals surface area contributed by atoms with Crippen molar-refractivity contribution in [3.05, 3.63) is 88.6 Å². The SMILES string of the molecule is O=C1NCc2cccc(-c3ccccc3C#Cc3[nH]nc4ccc(C(=O)N5CC6(CCCNC6)C5)cc34)c21. The minimum atomic E-state index is -0.0528. The van der Waals surface area contributed by atoms with Crippen LogP contribution in [0.4, 0.5) is 0 Å². The van der Waals surface area contributed by atoms with Gasteiger partial charge in [-0.15, -0.1) is 0 Å². The molecule has 3 aliphatic rings. The lowest BCUT2D eigenvalue weighted by Crippen LogP contribution is -2.63. The van der Waals surface area contributed by atoms with Crippen LogP contribution in [0.2, 0.25) is 0 Å². The lowest BCUT2D eigenvalue weighted by molar-refractivity contribution is -0.00721. The lowest BCUT2D eigenvalue weighted by atomic mass is 9.74. The Balaban J connectivity index is 1.19. The highest BCUT2D eigenvalue weighted by Gasteiger charge is 2.45. The van der Waals surface area contributed by atoms with Gasteiger partial charge in [-0.05, 0) is 66.3 Å². The first-order chi connectivity index (χ1) is 18.6. The Morgan fingerprint density at radius 3 is 2.74 bits per heavy atom. The van der Waals surface area contributed by atoms with Gasteiger partial charge in [0.25, 0.3) is 11.8 Å². The Morgan fingerprint density at radius 2 is 1.87 bits per heavy atom.